The summed E-state index contributed by atoms with van der Waals surface area (Å²) < 4.78 is 0. The largest absolute Gasteiger partial charge is 0.337 e. The van der Waals surface area contributed by atoms with Gasteiger partial charge in [-0.2, -0.15) is 5.26 Å². The quantitative estimate of drug-likeness (QED) is 0.426. The third-order valence-corrected chi connectivity index (χ3v) is 1.75. The molecule has 0 bridgehead atoms. The SMILES string of the molecule is N#Cc1ccc(/C=C(\Cl)[N+](=O)[O-])cc1. The molecule has 1 rings (SSSR count). The molecular weight excluding hydrogens is 204 g/mol. The molecule has 0 atom stereocenters. The van der Waals surface area contributed by atoms with Gasteiger partial charge in [-0.15, -0.1) is 0 Å². The van der Waals surface area contributed by atoms with Crippen LogP contribution in [-0.2, 0) is 0 Å². The highest BCUT2D eigenvalue weighted by atomic mass is 35.5. The van der Waals surface area contributed by atoms with Gasteiger partial charge in [0.2, 0.25) is 0 Å². The van der Waals surface area contributed by atoms with Crippen molar-refractivity contribution in [1.29, 1.82) is 5.26 Å². The van der Waals surface area contributed by atoms with E-state index in [9.17, 15) is 10.1 Å². The Morgan fingerprint density at radius 3 is 2.50 bits per heavy atom. The first-order chi connectivity index (χ1) is 6.63. The summed E-state index contributed by atoms with van der Waals surface area (Å²) in [5.74, 6) is 0. The number of hydrogen-bond donors (Lipinski definition) is 0. The standard InChI is InChI=1S/C9H5ClN2O2/c10-9(12(13)14)5-7-1-3-8(6-11)4-2-7/h1-5H/b9-5+. The van der Waals surface area contributed by atoms with Gasteiger partial charge >= 0.3 is 5.16 Å². The molecule has 0 spiro atoms. The van der Waals surface area contributed by atoms with Crippen molar-refractivity contribution < 1.29 is 4.92 Å². The van der Waals surface area contributed by atoms with Gasteiger partial charge in [0, 0.05) is 6.08 Å². The maximum absolute atomic E-state index is 10.2. The lowest BCUT2D eigenvalue weighted by atomic mass is 10.1. The van der Waals surface area contributed by atoms with Crippen LogP contribution in [0.1, 0.15) is 11.1 Å². The molecule has 0 amide bonds. The second kappa shape index (κ2) is 4.40. The Labute approximate surface area is 85.2 Å². The minimum absolute atomic E-state index is 0.449. The van der Waals surface area contributed by atoms with Crippen molar-refractivity contribution in [3.05, 3.63) is 50.7 Å². The zero-order chi connectivity index (χ0) is 10.6. The van der Waals surface area contributed by atoms with Crippen LogP contribution in [-0.4, -0.2) is 4.92 Å². The normalized spacial score (nSPS) is 10.7. The number of rotatable bonds is 2. The van der Waals surface area contributed by atoms with Crippen molar-refractivity contribution in [2.45, 2.75) is 0 Å². The van der Waals surface area contributed by atoms with Gasteiger partial charge < -0.3 is 0 Å². The van der Waals surface area contributed by atoms with E-state index in [4.69, 9.17) is 16.9 Å². The number of nitrogens with zero attached hydrogens (tertiary/aromatic N) is 2. The molecule has 0 N–H and O–H groups in total. The van der Waals surface area contributed by atoms with Crippen LogP contribution < -0.4 is 0 Å². The number of hydrogen-bond acceptors (Lipinski definition) is 3. The Morgan fingerprint density at radius 1 is 1.50 bits per heavy atom. The fraction of sp³-hybridized carbons (Fsp3) is 0. The molecule has 14 heavy (non-hydrogen) atoms. The van der Waals surface area contributed by atoms with Crippen molar-refractivity contribution in [2.24, 2.45) is 0 Å². The van der Waals surface area contributed by atoms with Crippen LogP contribution in [0.2, 0.25) is 0 Å². The van der Waals surface area contributed by atoms with Gasteiger partial charge in [0.25, 0.3) is 0 Å². The molecule has 4 nitrogen and oxygen atoms in total. The summed E-state index contributed by atoms with van der Waals surface area (Å²) in [7, 11) is 0. The average Bonchev–Trinajstić information content (AvgIpc) is 2.19. The Hall–Kier alpha value is -1.86. The molecule has 0 heterocycles. The van der Waals surface area contributed by atoms with Crippen LogP contribution in [0.15, 0.2) is 29.4 Å². The van der Waals surface area contributed by atoms with E-state index in [1.807, 2.05) is 6.07 Å². The molecule has 0 aliphatic heterocycles. The Balaban J connectivity index is 2.95. The molecule has 70 valence electrons. The molecule has 0 fully saturated rings. The summed E-state index contributed by atoms with van der Waals surface area (Å²) in [5.41, 5.74) is 1.09. The average molecular weight is 209 g/mol. The van der Waals surface area contributed by atoms with Gasteiger partial charge in [-0.3, -0.25) is 10.1 Å². The predicted molar refractivity (Wildman–Crippen MR) is 52.0 cm³/mol. The van der Waals surface area contributed by atoms with Crippen LogP contribution in [0.3, 0.4) is 0 Å². The molecule has 0 aromatic heterocycles. The van der Waals surface area contributed by atoms with E-state index in [-0.39, 0.29) is 0 Å². The fourth-order valence-corrected chi connectivity index (χ4v) is 0.970. The van der Waals surface area contributed by atoms with E-state index in [1.54, 1.807) is 24.3 Å². The van der Waals surface area contributed by atoms with E-state index in [0.717, 1.165) is 0 Å². The highest BCUT2D eigenvalue weighted by Gasteiger charge is 2.04. The molecule has 0 saturated heterocycles. The molecule has 0 radical (unpaired) electrons. The monoisotopic (exact) mass is 208 g/mol. The van der Waals surface area contributed by atoms with Crippen molar-refractivity contribution >= 4 is 17.7 Å². The summed E-state index contributed by atoms with van der Waals surface area (Å²) in [4.78, 5) is 9.50. The van der Waals surface area contributed by atoms with Crippen LogP contribution in [0.4, 0.5) is 0 Å². The van der Waals surface area contributed by atoms with E-state index in [0.29, 0.717) is 11.1 Å². The first kappa shape index (κ1) is 10.2. The van der Waals surface area contributed by atoms with Crippen molar-refractivity contribution in [1.82, 2.24) is 0 Å². The van der Waals surface area contributed by atoms with Gasteiger partial charge in [-0.1, -0.05) is 12.1 Å². The Bertz CT molecular complexity index is 417. The second-order valence-corrected chi connectivity index (χ2v) is 2.85. The van der Waals surface area contributed by atoms with Gasteiger partial charge in [0.15, 0.2) is 0 Å². The zero-order valence-electron chi connectivity index (χ0n) is 6.98. The molecule has 0 aliphatic rings. The fourth-order valence-electron chi connectivity index (χ4n) is 0.844. The van der Waals surface area contributed by atoms with Gasteiger partial charge in [0.1, 0.15) is 0 Å². The smallest absolute Gasteiger partial charge is 0.257 e. The maximum atomic E-state index is 10.2. The third kappa shape index (κ3) is 2.57. The molecule has 1 aromatic carbocycles. The number of benzene rings is 1. The lowest BCUT2D eigenvalue weighted by Gasteiger charge is -1.92. The Morgan fingerprint density at radius 2 is 2.07 bits per heavy atom. The van der Waals surface area contributed by atoms with Crippen molar-refractivity contribution in [2.75, 3.05) is 0 Å². The minimum atomic E-state index is -0.681. The first-order valence-corrected chi connectivity index (χ1v) is 4.03. The topological polar surface area (TPSA) is 66.9 Å². The van der Waals surface area contributed by atoms with Crippen molar-refractivity contribution in [3.63, 3.8) is 0 Å². The summed E-state index contributed by atoms with van der Waals surface area (Å²) in [6.45, 7) is 0. The molecule has 0 saturated carbocycles. The lowest BCUT2D eigenvalue weighted by molar-refractivity contribution is -0.410. The Kier molecular flexibility index (Phi) is 3.21. The van der Waals surface area contributed by atoms with Crippen LogP contribution in [0, 0.1) is 21.4 Å². The highest BCUT2D eigenvalue weighted by Crippen LogP contribution is 2.11. The van der Waals surface area contributed by atoms with E-state index in [1.165, 1.54) is 6.08 Å². The predicted octanol–water partition coefficient (Wildman–Crippen LogP) is 2.37. The second-order valence-electron chi connectivity index (χ2n) is 2.46. The highest BCUT2D eigenvalue weighted by molar-refractivity contribution is 6.29. The number of nitriles is 1. The molecule has 1 aromatic rings. The van der Waals surface area contributed by atoms with Gasteiger partial charge in [0.05, 0.1) is 16.6 Å². The van der Waals surface area contributed by atoms with E-state index < -0.39 is 10.1 Å². The molecular formula is C9H5ClN2O2. The van der Waals surface area contributed by atoms with E-state index >= 15 is 0 Å². The molecule has 0 aliphatic carbocycles. The van der Waals surface area contributed by atoms with Crippen LogP contribution in [0.25, 0.3) is 6.08 Å². The zero-order valence-corrected chi connectivity index (χ0v) is 7.73. The number of halogens is 1. The van der Waals surface area contributed by atoms with E-state index in [2.05, 4.69) is 0 Å². The molecule has 5 heteroatoms. The summed E-state index contributed by atoms with van der Waals surface area (Å²) >= 11 is 5.32. The van der Waals surface area contributed by atoms with Crippen molar-refractivity contribution in [3.8, 4) is 6.07 Å². The summed E-state index contributed by atoms with van der Waals surface area (Å²) in [5, 5.41) is 18.2. The summed E-state index contributed by atoms with van der Waals surface area (Å²) in [6, 6.07) is 8.25. The summed E-state index contributed by atoms with van der Waals surface area (Å²) in [6.07, 6.45) is 1.22. The first-order valence-electron chi connectivity index (χ1n) is 3.65. The maximum Gasteiger partial charge on any atom is 0.337 e. The van der Waals surface area contributed by atoms with Gasteiger partial charge in [-0.05, 0) is 29.3 Å². The third-order valence-electron chi connectivity index (χ3n) is 1.50. The van der Waals surface area contributed by atoms with Gasteiger partial charge in [-0.25, -0.2) is 0 Å². The molecule has 0 unspecified atom stereocenters. The van der Waals surface area contributed by atoms with Crippen LogP contribution in [0.5, 0.6) is 0 Å². The van der Waals surface area contributed by atoms with Crippen LogP contribution >= 0.6 is 11.6 Å². The lowest BCUT2D eigenvalue weighted by Crippen LogP contribution is -1.90. The number of nitro groups is 1. The minimum Gasteiger partial charge on any atom is -0.257 e.